The van der Waals surface area contributed by atoms with Crippen LogP contribution in [0, 0.1) is 10.1 Å². The Labute approximate surface area is 83.9 Å². The lowest BCUT2D eigenvalue weighted by Crippen LogP contribution is -2.01. The Hall–Kier alpha value is -0.940. The Kier molecular flexibility index (Phi) is 3.39. The first kappa shape index (κ1) is 10.1. The molecule has 0 fully saturated rings. The molecule has 0 spiro atoms. The Bertz CT molecular complexity index is 332. The molecule has 0 aromatic carbocycles. The summed E-state index contributed by atoms with van der Waals surface area (Å²) in [5.74, 6) is 0.424. The van der Waals surface area contributed by atoms with Gasteiger partial charge in [0.05, 0.1) is 16.7 Å². The van der Waals surface area contributed by atoms with Gasteiger partial charge < -0.3 is 0 Å². The number of aromatic nitrogens is 2. The van der Waals surface area contributed by atoms with Gasteiger partial charge in [0.15, 0.2) is 0 Å². The van der Waals surface area contributed by atoms with Crippen molar-refractivity contribution in [1.29, 1.82) is 0 Å². The van der Waals surface area contributed by atoms with Gasteiger partial charge in [0.2, 0.25) is 0 Å². The molecule has 7 heteroatoms. The van der Waals surface area contributed by atoms with Crippen molar-refractivity contribution in [3.05, 3.63) is 27.8 Å². The summed E-state index contributed by atoms with van der Waals surface area (Å²) < 4.78 is 0. The molecule has 0 N–H and O–H groups in total. The molecule has 1 aromatic rings. The Morgan fingerprint density at radius 1 is 1.46 bits per heavy atom. The topological polar surface area (TPSA) is 68.9 Å². The second-order valence-electron chi connectivity index (χ2n) is 2.14. The quantitative estimate of drug-likeness (QED) is 0.444. The standard InChI is InChI=1S/C6H5Cl2N3O2/c7-1-4-5(11(12)13)3-9-6(2-8)10-4/h3H,1-2H2. The van der Waals surface area contributed by atoms with Crippen molar-refractivity contribution < 1.29 is 4.92 Å². The van der Waals surface area contributed by atoms with Crippen LogP contribution in [0.3, 0.4) is 0 Å². The summed E-state index contributed by atoms with van der Waals surface area (Å²) in [5.41, 5.74) is 0.0150. The van der Waals surface area contributed by atoms with Crippen LogP contribution >= 0.6 is 23.2 Å². The monoisotopic (exact) mass is 221 g/mol. The minimum atomic E-state index is -0.574. The maximum Gasteiger partial charge on any atom is 0.310 e. The van der Waals surface area contributed by atoms with E-state index in [1.54, 1.807) is 0 Å². The van der Waals surface area contributed by atoms with E-state index >= 15 is 0 Å². The van der Waals surface area contributed by atoms with Gasteiger partial charge in [0, 0.05) is 0 Å². The summed E-state index contributed by atoms with van der Waals surface area (Å²) in [6.07, 6.45) is 1.11. The molecule has 0 bridgehead atoms. The van der Waals surface area contributed by atoms with Crippen molar-refractivity contribution in [3.63, 3.8) is 0 Å². The zero-order valence-corrected chi connectivity index (χ0v) is 7.92. The van der Waals surface area contributed by atoms with Crippen LogP contribution in [0.2, 0.25) is 0 Å². The van der Waals surface area contributed by atoms with E-state index in [1.165, 1.54) is 0 Å². The molecule has 0 atom stereocenters. The van der Waals surface area contributed by atoms with E-state index in [4.69, 9.17) is 23.2 Å². The van der Waals surface area contributed by atoms with Gasteiger partial charge in [0.1, 0.15) is 17.7 Å². The van der Waals surface area contributed by atoms with Gasteiger partial charge in [-0.15, -0.1) is 23.2 Å². The molecule has 0 radical (unpaired) electrons. The van der Waals surface area contributed by atoms with Crippen LogP contribution in [0.5, 0.6) is 0 Å². The highest BCUT2D eigenvalue weighted by molar-refractivity contribution is 6.17. The Balaban J connectivity index is 3.15. The molecule has 0 amide bonds. The molecule has 1 aromatic heterocycles. The van der Waals surface area contributed by atoms with Crippen molar-refractivity contribution in [1.82, 2.24) is 9.97 Å². The second kappa shape index (κ2) is 4.34. The summed E-state index contributed by atoms with van der Waals surface area (Å²) in [4.78, 5) is 17.3. The number of hydrogen-bond donors (Lipinski definition) is 0. The summed E-state index contributed by atoms with van der Waals surface area (Å²) in [6, 6.07) is 0. The van der Waals surface area contributed by atoms with Crippen LogP contribution in [-0.4, -0.2) is 14.9 Å². The van der Waals surface area contributed by atoms with E-state index in [0.29, 0.717) is 5.82 Å². The van der Waals surface area contributed by atoms with Crippen LogP contribution in [0.15, 0.2) is 6.20 Å². The fourth-order valence-corrected chi connectivity index (χ4v) is 1.09. The van der Waals surface area contributed by atoms with Crippen LogP contribution < -0.4 is 0 Å². The van der Waals surface area contributed by atoms with Gasteiger partial charge in [-0.2, -0.15) is 0 Å². The fourth-order valence-electron chi connectivity index (χ4n) is 0.767. The molecule has 5 nitrogen and oxygen atoms in total. The van der Waals surface area contributed by atoms with Crippen molar-refractivity contribution >= 4 is 28.9 Å². The first-order chi connectivity index (χ1) is 6.19. The smallest absolute Gasteiger partial charge is 0.258 e. The van der Waals surface area contributed by atoms with Gasteiger partial charge in [0.25, 0.3) is 0 Å². The molecular formula is C6H5Cl2N3O2. The first-order valence-corrected chi connectivity index (χ1v) is 4.37. The zero-order chi connectivity index (χ0) is 9.84. The highest BCUT2D eigenvalue weighted by Crippen LogP contribution is 2.17. The van der Waals surface area contributed by atoms with Gasteiger partial charge in [-0.1, -0.05) is 0 Å². The summed E-state index contributed by atoms with van der Waals surface area (Å²) in [7, 11) is 0. The molecular weight excluding hydrogens is 217 g/mol. The fraction of sp³-hybridized carbons (Fsp3) is 0.333. The molecule has 0 saturated heterocycles. The van der Waals surface area contributed by atoms with E-state index in [2.05, 4.69) is 9.97 Å². The lowest BCUT2D eigenvalue weighted by atomic mass is 10.4. The van der Waals surface area contributed by atoms with Crippen LogP contribution in [0.25, 0.3) is 0 Å². The molecule has 0 aliphatic heterocycles. The summed E-state index contributed by atoms with van der Waals surface area (Å²) >= 11 is 10.9. The van der Waals surface area contributed by atoms with Gasteiger partial charge >= 0.3 is 5.69 Å². The Morgan fingerprint density at radius 3 is 2.62 bits per heavy atom. The van der Waals surface area contributed by atoms with E-state index in [9.17, 15) is 10.1 Å². The van der Waals surface area contributed by atoms with Crippen molar-refractivity contribution in [2.45, 2.75) is 11.8 Å². The molecule has 0 aliphatic rings. The number of halogens is 2. The Morgan fingerprint density at radius 2 is 2.15 bits per heavy atom. The van der Waals surface area contributed by atoms with E-state index in [0.717, 1.165) is 6.20 Å². The average Bonchev–Trinajstić information content (AvgIpc) is 2.16. The number of nitro groups is 1. The largest absolute Gasteiger partial charge is 0.310 e. The molecule has 0 aliphatic carbocycles. The van der Waals surface area contributed by atoms with E-state index in [1.807, 2.05) is 0 Å². The summed E-state index contributed by atoms with van der Waals surface area (Å²) in [6.45, 7) is 0. The van der Waals surface area contributed by atoms with Crippen molar-refractivity contribution in [2.75, 3.05) is 0 Å². The number of rotatable bonds is 3. The van der Waals surface area contributed by atoms with Crippen molar-refractivity contribution in [3.8, 4) is 0 Å². The lowest BCUT2D eigenvalue weighted by Gasteiger charge is -1.98. The number of hydrogen-bond acceptors (Lipinski definition) is 4. The maximum atomic E-state index is 10.4. The van der Waals surface area contributed by atoms with Crippen LogP contribution in [0.4, 0.5) is 5.69 Å². The SMILES string of the molecule is O=[N+]([O-])c1cnc(CCl)nc1CCl. The molecule has 0 saturated carbocycles. The molecule has 13 heavy (non-hydrogen) atoms. The average molecular weight is 222 g/mol. The van der Waals surface area contributed by atoms with E-state index in [-0.39, 0.29) is 23.1 Å². The van der Waals surface area contributed by atoms with Gasteiger partial charge in [-0.05, 0) is 0 Å². The van der Waals surface area contributed by atoms with Crippen LogP contribution in [0.1, 0.15) is 11.5 Å². The van der Waals surface area contributed by atoms with Gasteiger partial charge in [-0.25, -0.2) is 9.97 Å². The second-order valence-corrected chi connectivity index (χ2v) is 2.68. The predicted molar refractivity (Wildman–Crippen MR) is 47.8 cm³/mol. The van der Waals surface area contributed by atoms with Crippen molar-refractivity contribution in [2.24, 2.45) is 0 Å². The highest BCUT2D eigenvalue weighted by Gasteiger charge is 2.15. The maximum absolute atomic E-state index is 10.4. The highest BCUT2D eigenvalue weighted by atomic mass is 35.5. The van der Waals surface area contributed by atoms with Crippen LogP contribution in [-0.2, 0) is 11.8 Å². The molecule has 0 unspecified atom stereocenters. The normalized spacial score (nSPS) is 10.0. The minimum Gasteiger partial charge on any atom is -0.258 e. The third-order valence-corrected chi connectivity index (χ3v) is 1.83. The zero-order valence-electron chi connectivity index (χ0n) is 6.41. The minimum absolute atomic E-state index is 0.0251. The molecule has 1 heterocycles. The number of nitrogens with zero attached hydrogens (tertiary/aromatic N) is 3. The molecule has 70 valence electrons. The lowest BCUT2D eigenvalue weighted by molar-refractivity contribution is -0.386. The third kappa shape index (κ3) is 2.26. The third-order valence-electron chi connectivity index (χ3n) is 1.34. The molecule has 1 rings (SSSR count). The predicted octanol–water partition coefficient (Wildman–Crippen LogP) is 1.86. The summed E-state index contributed by atoms with van der Waals surface area (Å²) in [5, 5.41) is 10.4. The first-order valence-electron chi connectivity index (χ1n) is 3.30. The van der Waals surface area contributed by atoms with E-state index < -0.39 is 4.92 Å². The van der Waals surface area contributed by atoms with Gasteiger partial charge in [-0.3, -0.25) is 10.1 Å². The number of alkyl halides is 2.